The second kappa shape index (κ2) is 13.1. The van der Waals surface area contributed by atoms with E-state index in [0.717, 1.165) is 22.8 Å². The van der Waals surface area contributed by atoms with Crippen LogP contribution in [-0.2, 0) is 23.9 Å². The van der Waals surface area contributed by atoms with Crippen molar-refractivity contribution in [3.8, 4) is 34.3 Å². The summed E-state index contributed by atoms with van der Waals surface area (Å²) in [4.78, 5) is 24.9. The van der Waals surface area contributed by atoms with Gasteiger partial charge < -0.3 is 25.4 Å². The monoisotopic (exact) mass is 652 g/mol. The van der Waals surface area contributed by atoms with Gasteiger partial charge in [-0.3, -0.25) is 9.78 Å². The summed E-state index contributed by atoms with van der Waals surface area (Å²) in [7, 11) is 2.92. The van der Waals surface area contributed by atoms with Crippen molar-refractivity contribution in [2.45, 2.75) is 50.5 Å². The molecule has 1 amide bonds. The molecule has 2 atom stereocenters. The molecule has 0 bridgehead atoms. The summed E-state index contributed by atoms with van der Waals surface area (Å²) in [5, 5.41) is 9.44. The van der Waals surface area contributed by atoms with Crippen LogP contribution in [0.1, 0.15) is 47.6 Å². The van der Waals surface area contributed by atoms with Gasteiger partial charge in [-0.05, 0) is 48.6 Å². The molecule has 1 fully saturated rings. The first-order valence-electron chi connectivity index (χ1n) is 14.9. The van der Waals surface area contributed by atoms with Crippen LogP contribution in [0, 0.1) is 0 Å². The maximum atomic E-state index is 14.4. The molecule has 13 heteroatoms. The lowest BCUT2D eigenvalue weighted by Crippen LogP contribution is -2.35. The summed E-state index contributed by atoms with van der Waals surface area (Å²) < 4.78 is 53.8. The van der Waals surface area contributed by atoms with Crippen molar-refractivity contribution < 1.29 is 27.4 Å². The summed E-state index contributed by atoms with van der Waals surface area (Å²) >= 11 is 6.91. The summed E-state index contributed by atoms with van der Waals surface area (Å²) in [5.74, 6) is 0.208. The molecule has 0 radical (unpaired) electrons. The number of amides is 1. The number of fused-ring (bicyclic) bond motifs is 1. The fourth-order valence-electron chi connectivity index (χ4n) is 6.08. The number of hydrogen-bond acceptors (Lipinski definition) is 8. The highest BCUT2D eigenvalue weighted by Crippen LogP contribution is 2.44. The zero-order valence-electron chi connectivity index (χ0n) is 25.2. The van der Waals surface area contributed by atoms with Gasteiger partial charge in [0.05, 0.1) is 42.2 Å². The topological polar surface area (TPSA) is 110 Å². The molecule has 4 heterocycles. The molecule has 240 valence electrons. The molecule has 0 spiro atoms. The van der Waals surface area contributed by atoms with Crippen LogP contribution in [0.2, 0.25) is 5.02 Å². The van der Waals surface area contributed by atoms with Gasteiger partial charge in [0.15, 0.2) is 0 Å². The number of carbonyl (C=O) groups is 1. The average Bonchev–Trinajstić information content (AvgIpc) is 3.66. The van der Waals surface area contributed by atoms with Gasteiger partial charge in [0.25, 0.3) is 0 Å². The van der Waals surface area contributed by atoms with E-state index in [4.69, 9.17) is 21.1 Å². The molecule has 3 aromatic heterocycles. The number of nitrogens with zero attached hydrogens (tertiary/aromatic N) is 3. The van der Waals surface area contributed by atoms with E-state index < -0.39 is 17.8 Å². The third-order valence-electron chi connectivity index (χ3n) is 8.29. The SMILES string of the molecule is COc1cccc(-c2ccnc(-c3cccc4c3CC[C@@H]4Nc3nc(OC)c(CNC[C@@H]4CCC(=O)N4)cc3C(F)(F)F)c2Cl)n1. The summed E-state index contributed by atoms with van der Waals surface area (Å²) in [6.07, 6.45) is -0.743. The van der Waals surface area contributed by atoms with Crippen molar-refractivity contribution in [1.29, 1.82) is 0 Å². The van der Waals surface area contributed by atoms with Gasteiger partial charge in [-0.15, -0.1) is 0 Å². The highest BCUT2D eigenvalue weighted by atomic mass is 35.5. The first-order valence-corrected chi connectivity index (χ1v) is 15.2. The highest BCUT2D eigenvalue weighted by molar-refractivity contribution is 6.35. The largest absolute Gasteiger partial charge is 0.481 e. The van der Waals surface area contributed by atoms with Crippen LogP contribution in [-0.4, -0.2) is 47.7 Å². The first kappa shape index (κ1) is 31.6. The van der Waals surface area contributed by atoms with Gasteiger partial charge in [-0.25, -0.2) is 4.98 Å². The molecule has 0 saturated carbocycles. The number of rotatable bonds is 10. The Morgan fingerprint density at radius 2 is 1.85 bits per heavy atom. The van der Waals surface area contributed by atoms with Crippen molar-refractivity contribution in [2.24, 2.45) is 0 Å². The molecule has 1 aliphatic heterocycles. The summed E-state index contributed by atoms with van der Waals surface area (Å²) in [6.45, 7) is 0.523. The molecule has 6 rings (SSSR count). The minimum Gasteiger partial charge on any atom is -0.481 e. The molecule has 46 heavy (non-hydrogen) atoms. The molecular formula is C33H32ClF3N6O3. The third kappa shape index (κ3) is 6.45. The first-order chi connectivity index (χ1) is 22.2. The fourth-order valence-corrected chi connectivity index (χ4v) is 6.39. The van der Waals surface area contributed by atoms with Gasteiger partial charge in [-0.1, -0.05) is 35.9 Å². The van der Waals surface area contributed by atoms with Gasteiger partial charge in [0.2, 0.25) is 17.7 Å². The van der Waals surface area contributed by atoms with E-state index in [0.29, 0.717) is 60.1 Å². The molecule has 9 nitrogen and oxygen atoms in total. The van der Waals surface area contributed by atoms with E-state index in [1.165, 1.54) is 7.11 Å². The zero-order valence-corrected chi connectivity index (χ0v) is 25.9. The number of ether oxygens (including phenoxy) is 2. The van der Waals surface area contributed by atoms with Gasteiger partial charge in [-0.2, -0.15) is 18.2 Å². The Morgan fingerprint density at radius 1 is 1.02 bits per heavy atom. The van der Waals surface area contributed by atoms with Gasteiger partial charge in [0.1, 0.15) is 5.82 Å². The van der Waals surface area contributed by atoms with Gasteiger partial charge >= 0.3 is 6.18 Å². The Hall–Kier alpha value is -4.42. The molecule has 1 saturated heterocycles. The van der Waals surface area contributed by atoms with E-state index in [1.807, 2.05) is 30.3 Å². The number of benzene rings is 1. The number of aromatic nitrogens is 3. The Bertz CT molecular complexity index is 1770. The second-order valence-electron chi connectivity index (χ2n) is 11.2. The molecular weight excluding hydrogens is 621 g/mol. The lowest BCUT2D eigenvalue weighted by Gasteiger charge is -2.21. The zero-order chi connectivity index (χ0) is 32.4. The van der Waals surface area contributed by atoms with Crippen LogP contribution in [0.25, 0.3) is 22.5 Å². The molecule has 3 N–H and O–H groups in total. The average molecular weight is 653 g/mol. The predicted molar refractivity (Wildman–Crippen MR) is 168 cm³/mol. The molecule has 0 unspecified atom stereocenters. The van der Waals surface area contributed by atoms with Crippen LogP contribution >= 0.6 is 11.6 Å². The van der Waals surface area contributed by atoms with Crippen molar-refractivity contribution in [1.82, 2.24) is 25.6 Å². The fraction of sp³-hybridized carbons (Fsp3) is 0.333. The number of anilines is 1. The number of methoxy groups -OCH3 is 2. The van der Waals surface area contributed by atoms with Crippen LogP contribution < -0.4 is 25.4 Å². The van der Waals surface area contributed by atoms with Crippen molar-refractivity contribution in [3.63, 3.8) is 0 Å². The third-order valence-corrected chi connectivity index (χ3v) is 8.67. The minimum atomic E-state index is -4.66. The number of pyridine rings is 3. The molecule has 2 aliphatic rings. The van der Waals surface area contributed by atoms with Gasteiger partial charge in [0, 0.05) is 54.5 Å². The Kier molecular flexibility index (Phi) is 9.01. The number of halogens is 4. The highest BCUT2D eigenvalue weighted by Gasteiger charge is 2.37. The standard InChI is InChI=1S/C33H32ClF3N6O3/c1-45-28-8-4-7-25(41-28)23-13-14-39-30(29(23)34)22-6-3-5-21-20(22)10-11-26(21)42-31-24(33(35,36)37)15-18(32(43-31)46-2)16-38-17-19-9-12-27(44)40-19/h3-8,13-15,19,26,38H,9-12,16-17H2,1-2H3,(H,40,44)(H,42,43)/t19-,26-/m0/s1. The van der Waals surface area contributed by atoms with Crippen LogP contribution in [0.4, 0.5) is 19.0 Å². The van der Waals surface area contributed by atoms with Crippen LogP contribution in [0.5, 0.6) is 11.8 Å². The van der Waals surface area contributed by atoms with E-state index >= 15 is 0 Å². The number of hydrogen-bond donors (Lipinski definition) is 3. The number of carbonyl (C=O) groups excluding carboxylic acids is 1. The Balaban J connectivity index is 1.28. The molecule has 1 aliphatic carbocycles. The minimum absolute atomic E-state index is 0.0279. The lowest BCUT2D eigenvalue weighted by molar-refractivity contribution is -0.137. The predicted octanol–water partition coefficient (Wildman–Crippen LogP) is 6.36. The van der Waals surface area contributed by atoms with Crippen molar-refractivity contribution in [3.05, 3.63) is 82.0 Å². The lowest BCUT2D eigenvalue weighted by atomic mass is 9.98. The van der Waals surface area contributed by atoms with Crippen LogP contribution in [0.15, 0.2) is 54.7 Å². The maximum absolute atomic E-state index is 14.4. The van der Waals surface area contributed by atoms with E-state index in [9.17, 15) is 18.0 Å². The smallest absolute Gasteiger partial charge is 0.419 e. The van der Waals surface area contributed by atoms with E-state index in [2.05, 4.69) is 30.9 Å². The molecule has 1 aromatic carbocycles. The second-order valence-corrected chi connectivity index (χ2v) is 11.6. The normalized spacial score (nSPS) is 17.5. The van der Waals surface area contributed by atoms with E-state index in [1.54, 1.807) is 25.4 Å². The summed E-state index contributed by atoms with van der Waals surface area (Å²) in [6, 6.07) is 13.4. The number of alkyl halides is 3. The van der Waals surface area contributed by atoms with Crippen molar-refractivity contribution in [2.75, 3.05) is 26.1 Å². The Labute approximate surface area is 268 Å². The quantitative estimate of drug-likeness (QED) is 0.182. The maximum Gasteiger partial charge on any atom is 0.419 e. The Morgan fingerprint density at radius 3 is 2.59 bits per heavy atom. The summed E-state index contributed by atoms with van der Waals surface area (Å²) in [5.41, 5.74) is 3.86. The molecule has 4 aromatic rings. The van der Waals surface area contributed by atoms with Crippen molar-refractivity contribution >= 4 is 23.3 Å². The number of nitrogens with one attached hydrogen (secondary N) is 3. The van der Waals surface area contributed by atoms with Crippen LogP contribution in [0.3, 0.4) is 0 Å². The van der Waals surface area contributed by atoms with E-state index in [-0.39, 0.29) is 35.8 Å².